The van der Waals surface area contributed by atoms with Crippen LogP contribution >= 0.6 is 0 Å². The molecule has 150 valence electrons. The monoisotopic (exact) mass is 383 g/mol. The van der Waals surface area contributed by atoms with Crippen molar-refractivity contribution in [3.63, 3.8) is 0 Å². The smallest absolute Gasteiger partial charge is 0.331 e. The number of rotatable bonds is 5. The number of aromatic amines is 1. The van der Waals surface area contributed by atoms with Crippen LogP contribution in [-0.2, 0) is 0 Å². The molecule has 2 aromatic rings. The van der Waals surface area contributed by atoms with Gasteiger partial charge in [0.1, 0.15) is 5.56 Å². The third kappa shape index (κ3) is 4.11. The van der Waals surface area contributed by atoms with Crippen LogP contribution in [0.2, 0.25) is 0 Å². The molecule has 0 amide bonds. The Morgan fingerprint density at radius 2 is 1.82 bits per heavy atom. The molecule has 0 atom stereocenters. The number of hydrogen-bond acceptors (Lipinski definition) is 4. The molecular weight excluding hydrogens is 354 g/mol. The largest absolute Gasteiger partial charge is 0.494 e. The van der Waals surface area contributed by atoms with Gasteiger partial charge in [-0.1, -0.05) is 52.2 Å². The summed E-state index contributed by atoms with van der Waals surface area (Å²) in [6.07, 6.45) is 5.29. The molecule has 1 heterocycles. The quantitative estimate of drug-likeness (QED) is 0.750. The Morgan fingerprint density at radius 3 is 2.39 bits per heavy atom. The predicted octanol–water partition coefficient (Wildman–Crippen LogP) is 4.40. The molecule has 1 aromatic heterocycles. The SMILES string of the molecule is CCC(=Nc1ccc(C(C)C)cc1)c1c(O)n(C2CCCCC2)c(=O)[nH]c1=O. The van der Waals surface area contributed by atoms with Crippen molar-refractivity contribution in [1.29, 1.82) is 0 Å². The van der Waals surface area contributed by atoms with E-state index in [-0.39, 0.29) is 17.5 Å². The predicted molar refractivity (Wildman–Crippen MR) is 112 cm³/mol. The van der Waals surface area contributed by atoms with E-state index >= 15 is 0 Å². The summed E-state index contributed by atoms with van der Waals surface area (Å²) in [7, 11) is 0. The molecule has 0 spiro atoms. The minimum atomic E-state index is -0.589. The molecule has 0 unspecified atom stereocenters. The van der Waals surface area contributed by atoms with Crippen molar-refractivity contribution in [3.05, 3.63) is 56.2 Å². The molecule has 1 saturated carbocycles. The zero-order valence-corrected chi connectivity index (χ0v) is 16.9. The molecule has 28 heavy (non-hydrogen) atoms. The molecule has 6 nitrogen and oxygen atoms in total. The molecule has 0 bridgehead atoms. The van der Waals surface area contributed by atoms with Crippen LogP contribution in [-0.4, -0.2) is 20.4 Å². The standard InChI is InChI=1S/C22H29N3O3/c1-4-18(23-16-12-10-15(11-13-16)14(2)3)19-20(26)24-22(28)25(21(19)27)17-8-6-5-7-9-17/h10-14,17,27H,4-9H2,1-3H3,(H,24,26,28). The minimum Gasteiger partial charge on any atom is -0.494 e. The number of nitrogens with one attached hydrogen (secondary N) is 1. The summed E-state index contributed by atoms with van der Waals surface area (Å²) in [5, 5.41) is 10.9. The summed E-state index contributed by atoms with van der Waals surface area (Å²) in [4.78, 5) is 31.9. The van der Waals surface area contributed by atoms with E-state index in [1.165, 1.54) is 10.1 Å². The van der Waals surface area contributed by atoms with Crippen molar-refractivity contribution >= 4 is 11.4 Å². The molecule has 1 aliphatic carbocycles. The van der Waals surface area contributed by atoms with E-state index in [1.54, 1.807) is 0 Å². The summed E-state index contributed by atoms with van der Waals surface area (Å²) in [6, 6.07) is 7.77. The van der Waals surface area contributed by atoms with E-state index in [0.717, 1.165) is 37.8 Å². The number of nitrogens with zero attached hydrogens (tertiary/aromatic N) is 2. The van der Waals surface area contributed by atoms with Crippen molar-refractivity contribution in [2.24, 2.45) is 4.99 Å². The van der Waals surface area contributed by atoms with Crippen LogP contribution in [0.25, 0.3) is 0 Å². The van der Waals surface area contributed by atoms with Crippen LogP contribution in [0.1, 0.15) is 82.4 Å². The fourth-order valence-corrected chi connectivity index (χ4v) is 3.88. The van der Waals surface area contributed by atoms with Gasteiger partial charge in [0.2, 0.25) is 5.88 Å². The summed E-state index contributed by atoms with van der Waals surface area (Å²) < 4.78 is 1.35. The average molecular weight is 383 g/mol. The van der Waals surface area contributed by atoms with Crippen LogP contribution in [0.4, 0.5) is 5.69 Å². The lowest BCUT2D eigenvalue weighted by atomic mass is 9.95. The van der Waals surface area contributed by atoms with Gasteiger partial charge in [-0.2, -0.15) is 0 Å². The second kappa shape index (κ2) is 8.59. The van der Waals surface area contributed by atoms with Gasteiger partial charge in [0.15, 0.2) is 0 Å². The normalized spacial score (nSPS) is 15.9. The number of aliphatic imine (C=N–C) groups is 1. The molecule has 0 aliphatic heterocycles. The first-order valence-corrected chi connectivity index (χ1v) is 10.2. The Morgan fingerprint density at radius 1 is 1.18 bits per heavy atom. The first kappa shape index (κ1) is 20.1. The second-order valence-electron chi connectivity index (χ2n) is 7.78. The molecule has 1 aromatic carbocycles. The van der Waals surface area contributed by atoms with Gasteiger partial charge in [0.25, 0.3) is 5.56 Å². The van der Waals surface area contributed by atoms with E-state index in [1.807, 2.05) is 31.2 Å². The van der Waals surface area contributed by atoms with Crippen LogP contribution in [0.3, 0.4) is 0 Å². The number of benzene rings is 1. The van der Waals surface area contributed by atoms with E-state index in [9.17, 15) is 14.7 Å². The van der Waals surface area contributed by atoms with Gasteiger partial charge >= 0.3 is 5.69 Å². The molecular formula is C22H29N3O3. The summed E-state index contributed by atoms with van der Waals surface area (Å²) >= 11 is 0. The van der Waals surface area contributed by atoms with Crippen molar-refractivity contribution in [2.75, 3.05) is 0 Å². The number of H-pyrrole nitrogens is 1. The van der Waals surface area contributed by atoms with Crippen molar-refractivity contribution in [2.45, 2.75) is 71.3 Å². The van der Waals surface area contributed by atoms with Crippen LogP contribution in [0.5, 0.6) is 5.88 Å². The maximum atomic E-state index is 12.5. The van der Waals surface area contributed by atoms with E-state index in [4.69, 9.17) is 0 Å². The Balaban J connectivity index is 2.07. The summed E-state index contributed by atoms with van der Waals surface area (Å²) in [5.41, 5.74) is 1.36. The van der Waals surface area contributed by atoms with Gasteiger partial charge in [-0.25, -0.2) is 4.79 Å². The number of hydrogen-bond donors (Lipinski definition) is 2. The van der Waals surface area contributed by atoms with E-state index in [0.29, 0.717) is 18.1 Å². The molecule has 1 aliphatic rings. The number of aromatic nitrogens is 2. The summed E-state index contributed by atoms with van der Waals surface area (Å²) in [6.45, 7) is 6.14. The van der Waals surface area contributed by atoms with Crippen molar-refractivity contribution < 1.29 is 5.11 Å². The highest BCUT2D eigenvalue weighted by Crippen LogP contribution is 2.30. The van der Waals surface area contributed by atoms with Crippen LogP contribution < -0.4 is 11.2 Å². The molecule has 0 saturated heterocycles. The highest BCUT2D eigenvalue weighted by molar-refractivity contribution is 6.03. The first-order chi connectivity index (χ1) is 13.4. The van der Waals surface area contributed by atoms with Crippen LogP contribution in [0, 0.1) is 0 Å². The molecule has 6 heteroatoms. The van der Waals surface area contributed by atoms with Crippen LogP contribution in [0.15, 0.2) is 38.8 Å². The number of aromatic hydroxyl groups is 1. The highest BCUT2D eigenvalue weighted by Gasteiger charge is 2.24. The van der Waals surface area contributed by atoms with Gasteiger partial charge in [-0.3, -0.25) is 19.3 Å². The van der Waals surface area contributed by atoms with Gasteiger partial charge in [-0.15, -0.1) is 0 Å². The Bertz CT molecular complexity index is 962. The maximum Gasteiger partial charge on any atom is 0.331 e. The van der Waals surface area contributed by atoms with Gasteiger partial charge in [-0.05, 0) is 42.9 Å². The average Bonchev–Trinajstić information content (AvgIpc) is 2.68. The zero-order chi connectivity index (χ0) is 20.3. The molecule has 3 rings (SSSR count). The Hall–Kier alpha value is -2.63. The second-order valence-corrected chi connectivity index (χ2v) is 7.78. The lowest BCUT2D eigenvalue weighted by molar-refractivity contribution is 0.298. The van der Waals surface area contributed by atoms with Gasteiger partial charge < -0.3 is 5.11 Å². The maximum absolute atomic E-state index is 12.5. The van der Waals surface area contributed by atoms with Crippen molar-refractivity contribution in [1.82, 2.24) is 9.55 Å². The van der Waals surface area contributed by atoms with Crippen molar-refractivity contribution in [3.8, 4) is 5.88 Å². The molecule has 1 fully saturated rings. The lowest BCUT2D eigenvalue weighted by Crippen LogP contribution is -2.36. The Labute approximate surface area is 165 Å². The van der Waals surface area contributed by atoms with Gasteiger partial charge in [0, 0.05) is 6.04 Å². The molecule has 0 radical (unpaired) electrons. The first-order valence-electron chi connectivity index (χ1n) is 10.2. The van der Waals surface area contributed by atoms with E-state index < -0.39 is 11.2 Å². The minimum absolute atomic E-state index is 0.0831. The van der Waals surface area contributed by atoms with Gasteiger partial charge in [0.05, 0.1) is 11.4 Å². The fraction of sp³-hybridized carbons (Fsp3) is 0.500. The topological polar surface area (TPSA) is 87.4 Å². The zero-order valence-electron chi connectivity index (χ0n) is 16.9. The lowest BCUT2D eigenvalue weighted by Gasteiger charge is -2.25. The highest BCUT2D eigenvalue weighted by atomic mass is 16.3. The molecule has 2 N–H and O–H groups in total. The third-order valence-corrected chi connectivity index (χ3v) is 5.51. The third-order valence-electron chi connectivity index (χ3n) is 5.51. The Kier molecular flexibility index (Phi) is 6.17. The van der Waals surface area contributed by atoms with E-state index in [2.05, 4.69) is 23.8 Å². The fourth-order valence-electron chi connectivity index (χ4n) is 3.88. The summed E-state index contributed by atoms with van der Waals surface area (Å²) in [5.74, 6) is 0.162.